The Balaban J connectivity index is 2.31. The first-order valence-electron chi connectivity index (χ1n) is 3.72. The van der Waals surface area contributed by atoms with Crippen molar-refractivity contribution in [3.05, 3.63) is 0 Å². The molecule has 0 unspecified atom stereocenters. The zero-order valence-corrected chi connectivity index (χ0v) is 6.71. The van der Waals surface area contributed by atoms with Crippen molar-refractivity contribution >= 4 is 0 Å². The lowest BCUT2D eigenvalue weighted by atomic mass is 10.00. The zero-order chi connectivity index (χ0) is 7.56. The van der Waals surface area contributed by atoms with Crippen molar-refractivity contribution in [1.29, 1.82) is 0 Å². The number of hydrogen-bond acceptors (Lipinski definition) is 3. The third-order valence-corrected chi connectivity index (χ3v) is 2.18. The van der Waals surface area contributed by atoms with E-state index in [-0.39, 0.29) is 0 Å². The van der Waals surface area contributed by atoms with Crippen LogP contribution in [0.4, 0.5) is 0 Å². The van der Waals surface area contributed by atoms with Crippen molar-refractivity contribution in [3.8, 4) is 0 Å². The zero-order valence-electron chi connectivity index (χ0n) is 6.71. The lowest BCUT2D eigenvalue weighted by Gasteiger charge is -2.11. The average molecular weight is 144 g/mol. The van der Waals surface area contributed by atoms with Crippen LogP contribution in [0.2, 0.25) is 0 Å². The summed E-state index contributed by atoms with van der Waals surface area (Å²) >= 11 is 0. The summed E-state index contributed by atoms with van der Waals surface area (Å²) in [5.41, 5.74) is 0. The molecular weight excluding hydrogens is 128 g/mol. The van der Waals surface area contributed by atoms with Crippen LogP contribution in [-0.4, -0.2) is 31.8 Å². The van der Waals surface area contributed by atoms with Gasteiger partial charge in [-0.3, -0.25) is 5.84 Å². The van der Waals surface area contributed by atoms with Gasteiger partial charge in [0.15, 0.2) is 0 Å². The summed E-state index contributed by atoms with van der Waals surface area (Å²) in [5.74, 6) is 6.94. The van der Waals surface area contributed by atoms with Gasteiger partial charge in [0.05, 0.1) is 6.61 Å². The van der Waals surface area contributed by atoms with Gasteiger partial charge in [0.1, 0.15) is 0 Å². The number of rotatable bonds is 2. The van der Waals surface area contributed by atoms with E-state index in [0.29, 0.717) is 11.8 Å². The topological polar surface area (TPSA) is 38.5 Å². The molecule has 0 aliphatic carbocycles. The van der Waals surface area contributed by atoms with Gasteiger partial charge in [-0.05, 0) is 5.92 Å². The summed E-state index contributed by atoms with van der Waals surface area (Å²) in [7, 11) is 1.74. The minimum Gasteiger partial charge on any atom is -0.384 e. The highest BCUT2D eigenvalue weighted by Crippen LogP contribution is 2.19. The molecule has 0 bridgehead atoms. The van der Waals surface area contributed by atoms with Crippen molar-refractivity contribution in [2.45, 2.75) is 6.92 Å². The van der Waals surface area contributed by atoms with Gasteiger partial charge in [-0.25, -0.2) is 5.01 Å². The molecule has 0 aromatic heterocycles. The molecule has 1 saturated heterocycles. The van der Waals surface area contributed by atoms with Gasteiger partial charge in [-0.1, -0.05) is 6.92 Å². The molecule has 0 saturated carbocycles. The molecule has 2 N–H and O–H groups in total. The predicted molar refractivity (Wildman–Crippen MR) is 40.3 cm³/mol. The number of nitrogens with zero attached hydrogens (tertiary/aromatic N) is 1. The number of hydrazine groups is 1. The summed E-state index contributed by atoms with van der Waals surface area (Å²) in [6.45, 7) is 5.05. The van der Waals surface area contributed by atoms with Crippen LogP contribution in [0.5, 0.6) is 0 Å². The number of ether oxygens (including phenoxy) is 1. The van der Waals surface area contributed by atoms with E-state index in [2.05, 4.69) is 6.92 Å². The standard InChI is InChI=1S/C7H16N2O/c1-6-3-9(8)4-7(6)5-10-2/h6-7H,3-5,8H2,1-2H3/t6-,7+/m0/s1. The fraction of sp³-hybridized carbons (Fsp3) is 1.00. The van der Waals surface area contributed by atoms with Gasteiger partial charge in [0.2, 0.25) is 0 Å². The molecule has 1 fully saturated rings. The van der Waals surface area contributed by atoms with Gasteiger partial charge < -0.3 is 4.74 Å². The largest absolute Gasteiger partial charge is 0.384 e. The number of methoxy groups -OCH3 is 1. The van der Waals surface area contributed by atoms with Crippen LogP contribution >= 0.6 is 0 Å². The fourth-order valence-corrected chi connectivity index (χ4v) is 1.51. The molecule has 0 spiro atoms. The molecule has 60 valence electrons. The SMILES string of the molecule is COC[C@H]1CN(N)C[C@@H]1C. The van der Waals surface area contributed by atoms with Crippen molar-refractivity contribution in [2.24, 2.45) is 17.7 Å². The lowest BCUT2D eigenvalue weighted by molar-refractivity contribution is 0.140. The van der Waals surface area contributed by atoms with Crippen molar-refractivity contribution in [3.63, 3.8) is 0 Å². The molecule has 3 nitrogen and oxygen atoms in total. The molecule has 2 atom stereocenters. The molecule has 0 radical (unpaired) electrons. The summed E-state index contributed by atoms with van der Waals surface area (Å²) < 4.78 is 5.06. The van der Waals surface area contributed by atoms with E-state index in [0.717, 1.165) is 19.7 Å². The second-order valence-electron chi connectivity index (χ2n) is 3.15. The number of hydrogen-bond donors (Lipinski definition) is 1. The third-order valence-electron chi connectivity index (χ3n) is 2.18. The molecule has 0 amide bonds. The third kappa shape index (κ3) is 1.68. The Morgan fingerprint density at radius 1 is 1.60 bits per heavy atom. The molecule has 3 heteroatoms. The Labute approximate surface area is 62.1 Å². The van der Waals surface area contributed by atoms with E-state index in [9.17, 15) is 0 Å². The van der Waals surface area contributed by atoms with E-state index >= 15 is 0 Å². The van der Waals surface area contributed by atoms with Crippen LogP contribution < -0.4 is 5.84 Å². The van der Waals surface area contributed by atoms with Crippen LogP contribution in [0.25, 0.3) is 0 Å². The first kappa shape index (κ1) is 7.98. The highest BCUT2D eigenvalue weighted by atomic mass is 16.5. The molecule has 0 aromatic carbocycles. The van der Waals surface area contributed by atoms with E-state index < -0.39 is 0 Å². The lowest BCUT2D eigenvalue weighted by Crippen LogP contribution is -2.28. The van der Waals surface area contributed by atoms with Crippen molar-refractivity contribution in [1.82, 2.24) is 5.01 Å². The van der Waals surface area contributed by atoms with Gasteiger partial charge in [0, 0.05) is 26.1 Å². The van der Waals surface area contributed by atoms with Crippen molar-refractivity contribution in [2.75, 3.05) is 26.8 Å². The molecular formula is C7H16N2O. The van der Waals surface area contributed by atoms with E-state index in [4.69, 9.17) is 10.6 Å². The minimum absolute atomic E-state index is 0.634. The van der Waals surface area contributed by atoms with Crippen LogP contribution in [0.3, 0.4) is 0 Å². The van der Waals surface area contributed by atoms with Gasteiger partial charge >= 0.3 is 0 Å². The predicted octanol–water partition coefficient (Wildman–Crippen LogP) is 0.0744. The van der Waals surface area contributed by atoms with Crippen LogP contribution in [0, 0.1) is 11.8 Å². The molecule has 0 aromatic rings. The normalized spacial score (nSPS) is 35.1. The van der Waals surface area contributed by atoms with Gasteiger partial charge in [-0.2, -0.15) is 0 Å². The highest BCUT2D eigenvalue weighted by Gasteiger charge is 2.27. The number of nitrogens with two attached hydrogens (primary N) is 1. The van der Waals surface area contributed by atoms with Crippen LogP contribution in [0.15, 0.2) is 0 Å². The van der Waals surface area contributed by atoms with E-state index in [1.54, 1.807) is 7.11 Å². The Hall–Kier alpha value is -0.120. The summed E-state index contributed by atoms with van der Waals surface area (Å²) in [6, 6.07) is 0. The maximum Gasteiger partial charge on any atom is 0.0506 e. The Kier molecular flexibility index (Phi) is 2.65. The summed E-state index contributed by atoms with van der Waals surface area (Å²) in [5, 5.41) is 1.87. The van der Waals surface area contributed by atoms with E-state index in [1.165, 1.54) is 0 Å². The second-order valence-corrected chi connectivity index (χ2v) is 3.15. The molecule has 1 heterocycles. The van der Waals surface area contributed by atoms with Gasteiger partial charge in [0.25, 0.3) is 0 Å². The minimum atomic E-state index is 0.634. The van der Waals surface area contributed by atoms with Crippen LogP contribution in [-0.2, 0) is 4.74 Å². The van der Waals surface area contributed by atoms with Gasteiger partial charge in [-0.15, -0.1) is 0 Å². The quantitative estimate of drug-likeness (QED) is 0.558. The summed E-state index contributed by atoms with van der Waals surface area (Å²) in [4.78, 5) is 0. The summed E-state index contributed by atoms with van der Waals surface area (Å²) in [6.07, 6.45) is 0. The first-order valence-corrected chi connectivity index (χ1v) is 3.72. The van der Waals surface area contributed by atoms with Crippen LogP contribution in [0.1, 0.15) is 6.92 Å². The Bertz CT molecular complexity index is 108. The monoisotopic (exact) mass is 144 g/mol. The average Bonchev–Trinajstić information content (AvgIpc) is 2.13. The molecule has 1 aliphatic heterocycles. The maximum atomic E-state index is 5.62. The molecule has 1 aliphatic rings. The maximum absolute atomic E-state index is 5.62. The fourth-order valence-electron chi connectivity index (χ4n) is 1.51. The Morgan fingerprint density at radius 2 is 2.30 bits per heavy atom. The molecule has 10 heavy (non-hydrogen) atoms. The van der Waals surface area contributed by atoms with E-state index in [1.807, 2.05) is 5.01 Å². The smallest absolute Gasteiger partial charge is 0.0506 e. The Morgan fingerprint density at radius 3 is 2.70 bits per heavy atom. The van der Waals surface area contributed by atoms with Crippen molar-refractivity contribution < 1.29 is 4.74 Å². The highest BCUT2D eigenvalue weighted by molar-refractivity contribution is 4.77. The first-order chi connectivity index (χ1) is 4.74. The second kappa shape index (κ2) is 3.32. The molecule has 1 rings (SSSR count).